The molecule has 0 unspecified atom stereocenters. The summed E-state index contributed by atoms with van der Waals surface area (Å²) in [5, 5.41) is 5.19. The molecule has 0 radical (unpaired) electrons. The zero-order chi connectivity index (χ0) is 20.1. The highest BCUT2D eigenvalue weighted by atomic mass is 32.1. The number of amides is 1. The molecule has 0 bridgehead atoms. The summed E-state index contributed by atoms with van der Waals surface area (Å²) in [5.74, 6) is 1.11. The maximum Gasteiger partial charge on any atom is 0.261 e. The van der Waals surface area contributed by atoms with E-state index in [-0.39, 0.29) is 17.9 Å². The van der Waals surface area contributed by atoms with Gasteiger partial charge in [-0.15, -0.1) is 11.3 Å². The molecule has 1 amide bonds. The Morgan fingerprint density at radius 3 is 2.76 bits per heavy atom. The maximum atomic E-state index is 12.8. The number of methoxy groups -OCH3 is 1. The molecule has 6 heteroatoms. The normalized spacial score (nSPS) is 17.6. The number of benzene rings is 1. The second kappa shape index (κ2) is 9.09. The molecule has 1 N–H and O–H groups in total. The Morgan fingerprint density at radius 1 is 1.21 bits per heavy atom. The first kappa shape index (κ1) is 19.5. The number of thiophene rings is 1. The smallest absolute Gasteiger partial charge is 0.261 e. The predicted molar refractivity (Wildman–Crippen MR) is 117 cm³/mol. The number of hydrogen-bond donors (Lipinski definition) is 1. The zero-order valence-corrected chi connectivity index (χ0v) is 17.3. The van der Waals surface area contributed by atoms with Crippen molar-refractivity contribution in [3.05, 3.63) is 76.7 Å². The summed E-state index contributed by atoms with van der Waals surface area (Å²) in [6.07, 6.45) is 3.93. The predicted octanol–water partition coefficient (Wildman–Crippen LogP) is 4.54. The average Bonchev–Trinajstić information content (AvgIpc) is 3.33. The zero-order valence-electron chi connectivity index (χ0n) is 16.5. The minimum atomic E-state index is -0.119. The third-order valence-corrected chi connectivity index (χ3v) is 6.27. The van der Waals surface area contributed by atoms with Gasteiger partial charge in [-0.25, -0.2) is 0 Å². The van der Waals surface area contributed by atoms with Gasteiger partial charge in [0.2, 0.25) is 0 Å². The topological polar surface area (TPSA) is 54.5 Å². The number of nitrogens with one attached hydrogen (secondary N) is 1. The van der Waals surface area contributed by atoms with Crippen LogP contribution < -0.4 is 15.0 Å². The number of carbonyl (C=O) groups excluding carboxylic acids is 1. The summed E-state index contributed by atoms with van der Waals surface area (Å²) in [7, 11) is 1.68. The Hall–Kier alpha value is -2.86. The molecule has 3 aromatic rings. The molecule has 2 aromatic heterocycles. The molecule has 5 nitrogen and oxygen atoms in total. The molecule has 2 atom stereocenters. The van der Waals surface area contributed by atoms with Gasteiger partial charge in [0.15, 0.2) is 0 Å². The van der Waals surface area contributed by atoms with E-state index in [1.54, 1.807) is 13.3 Å². The van der Waals surface area contributed by atoms with Crippen LogP contribution in [-0.4, -0.2) is 31.1 Å². The largest absolute Gasteiger partial charge is 0.497 e. The molecule has 0 aliphatic carbocycles. The number of nitrogens with zero attached hydrogens (tertiary/aromatic N) is 2. The van der Waals surface area contributed by atoms with E-state index in [2.05, 4.69) is 27.3 Å². The van der Waals surface area contributed by atoms with Gasteiger partial charge < -0.3 is 15.0 Å². The summed E-state index contributed by atoms with van der Waals surface area (Å²) >= 11 is 1.46. The molecule has 29 heavy (non-hydrogen) atoms. The third kappa shape index (κ3) is 4.59. The fourth-order valence-electron chi connectivity index (χ4n) is 3.92. The van der Waals surface area contributed by atoms with Crippen molar-refractivity contribution in [2.24, 2.45) is 5.92 Å². The Kier molecular flexibility index (Phi) is 6.10. The fourth-order valence-corrected chi connectivity index (χ4v) is 4.55. The lowest BCUT2D eigenvalue weighted by atomic mass is 9.88. The SMILES string of the molecule is COc1ccc(N2CCC[C@H]([C@@H](NC(=O)c3cccs3)c3ccccn3)C2)cc1. The summed E-state index contributed by atoms with van der Waals surface area (Å²) in [4.78, 5) is 20.5. The molecule has 150 valence electrons. The molecule has 4 rings (SSSR count). The van der Waals surface area contributed by atoms with Crippen LogP contribution >= 0.6 is 11.3 Å². The molecule has 1 aromatic carbocycles. The van der Waals surface area contributed by atoms with Crippen molar-refractivity contribution < 1.29 is 9.53 Å². The monoisotopic (exact) mass is 407 g/mol. The molecule has 1 saturated heterocycles. The number of hydrogen-bond acceptors (Lipinski definition) is 5. The van der Waals surface area contributed by atoms with Gasteiger partial charge >= 0.3 is 0 Å². The highest BCUT2D eigenvalue weighted by Gasteiger charge is 2.31. The first-order valence-electron chi connectivity index (χ1n) is 9.89. The van der Waals surface area contributed by atoms with Crippen molar-refractivity contribution in [3.8, 4) is 5.75 Å². The van der Waals surface area contributed by atoms with Crippen LogP contribution in [0.3, 0.4) is 0 Å². The van der Waals surface area contributed by atoms with Crippen LogP contribution in [0, 0.1) is 5.92 Å². The van der Waals surface area contributed by atoms with Crippen LogP contribution in [0.5, 0.6) is 5.75 Å². The second-order valence-corrected chi connectivity index (χ2v) is 8.18. The quantitative estimate of drug-likeness (QED) is 0.652. The standard InChI is InChI=1S/C23H25N3O2S/c1-28-19-11-9-18(10-12-19)26-14-4-6-17(16-26)22(20-7-2-3-13-24-20)25-23(27)21-8-5-15-29-21/h2-3,5,7-13,15,17,22H,4,6,14,16H2,1H3,(H,25,27)/t17-,22+/m0/s1. The molecule has 0 spiro atoms. The van der Waals surface area contributed by atoms with Gasteiger partial charge in [0, 0.05) is 30.9 Å². The Balaban J connectivity index is 1.55. The summed E-state index contributed by atoms with van der Waals surface area (Å²) < 4.78 is 5.28. The van der Waals surface area contributed by atoms with Gasteiger partial charge in [-0.05, 0) is 60.7 Å². The van der Waals surface area contributed by atoms with Crippen molar-refractivity contribution in [2.75, 3.05) is 25.1 Å². The highest BCUT2D eigenvalue weighted by molar-refractivity contribution is 7.12. The molecule has 1 fully saturated rings. The lowest BCUT2D eigenvalue weighted by Gasteiger charge is -2.38. The van der Waals surface area contributed by atoms with Crippen LogP contribution in [-0.2, 0) is 0 Å². The minimum Gasteiger partial charge on any atom is -0.497 e. The van der Waals surface area contributed by atoms with E-state index in [0.29, 0.717) is 0 Å². The summed E-state index contributed by atoms with van der Waals surface area (Å²) in [6.45, 7) is 1.88. The lowest BCUT2D eigenvalue weighted by Crippen LogP contribution is -2.43. The van der Waals surface area contributed by atoms with Gasteiger partial charge in [-0.2, -0.15) is 0 Å². The Morgan fingerprint density at radius 2 is 2.07 bits per heavy atom. The Bertz CT molecular complexity index is 913. The number of ether oxygens (including phenoxy) is 1. The first-order valence-corrected chi connectivity index (χ1v) is 10.8. The number of aromatic nitrogens is 1. The molecule has 1 aliphatic heterocycles. The molecule has 0 saturated carbocycles. The summed E-state index contributed by atoms with van der Waals surface area (Å²) in [5.41, 5.74) is 2.10. The van der Waals surface area contributed by atoms with Gasteiger partial charge in [-0.3, -0.25) is 9.78 Å². The van der Waals surface area contributed by atoms with Crippen molar-refractivity contribution in [3.63, 3.8) is 0 Å². The van der Waals surface area contributed by atoms with E-state index in [1.165, 1.54) is 17.0 Å². The molecule has 1 aliphatic rings. The van der Waals surface area contributed by atoms with E-state index in [9.17, 15) is 4.79 Å². The molecular formula is C23H25N3O2S. The van der Waals surface area contributed by atoms with Crippen LogP contribution in [0.1, 0.15) is 34.2 Å². The van der Waals surface area contributed by atoms with E-state index in [1.807, 2.05) is 47.8 Å². The Labute approximate surface area is 175 Å². The van der Waals surface area contributed by atoms with Crippen LogP contribution in [0.15, 0.2) is 66.2 Å². The van der Waals surface area contributed by atoms with Crippen molar-refractivity contribution >= 4 is 22.9 Å². The second-order valence-electron chi connectivity index (χ2n) is 7.23. The first-order chi connectivity index (χ1) is 14.2. The maximum absolute atomic E-state index is 12.8. The van der Waals surface area contributed by atoms with Gasteiger partial charge in [0.05, 0.1) is 23.7 Å². The van der Waals surface area contributed by atoms with Gasteiger partial charge in [-0.1, -0.05) is 12.1 Å². The van der Waals surface area contributed by atoms with E-state index in [0.717, 1.165) is 42.3 Å². The van der Waals surface area contributed by atoms with Crippen molar-refractivity contribution in [1.82, 2.24) is 10.3 Å². The van der Waals surface area contributed by atoms with Crippen molar-refractivity contribution in [1.29, 1.82) is 0 Å². The van der Waals surface area contributed by atoms with Crippen LogP contribution in [0.25, 0.3) is 0 Å². The number of piperidine rings is 1. The summed E-state index contributed by atoms with van der Waals surface area (Å²) in [6, 6.07) is 17.7. The van der Waals surface area contributed by atoms with Crippen LogP contribution in [0.4, 0.5) is 5.69 Å². The average molecular weight is 408 g/mol. The minimum absolute atomic E-state index is 0.0303. The van der Waals surface area contributed by atoms with Crippen molar-refractivity contribution in [2.45, 2.75) is 18.9 Å². The number of carbonyl (C=O) groups is 1. The third-order valence-electron chi connectivity index (χ3n) is 5.40. The number of rotatable bonds is 6. The van der Waals surface area contributed by atoms with E-state index < -0.39 is 0 Å². The van der Waals surface area contributed by atoms with Gasteiger partial charge in [0.1, 0.15) is 5.75 Å². The number of anilines is 1. The highest BCUT2D eigenvalue weighted by Crippen LogP contribution is 2.32. The number of pyridine rings is 1. The van der Waals surface area contributed by atoms with E-state index in [4.69, 9.17) is 4.74 Å². The fraction of sp³-hybridized carbons (Fsp3) is 0.304. The lowest BCUT2D eigenvalue weighted by molar-refractivity contribution is 0.0920. The van der Waals surface area contributed by atoms with Crippen LogP contribution in [0.2, 0.25) is 0 Å². The van der Waals surface area contributed by atoms with Gasteiger partial charge in [0.25, 0.3) is 5.91 Å². The molecular weight excluding hydrogens is 382 g/mol. The molecule has 3 heterocycles. The van der Waals surface area contributed by atoms with E-state index >= 15 is 0 Å².